The molecule has 0 aliphatic carbocycles. The van der Waals surface area contributed by atoms with Crippen LogP contribution < -0.4 is 5.73 Å². The number of ether oxygens (including phenoxy) is 1. The molecule has 0 unspecified atom stereocenters. The van der Waals surface area contributed by atoms with Crippen LogP contribution in [0.5, 0.6) is 0 Å². The predicted molar refractivity (Wildman–Crippen MR) is 78.3 cm³/mol. The molecule has 1 aromatic carbocycles. The fraction of sp³-hybridized carbons (Fsp3) is 0.500. The number of rotatable bonds is 4. The molecule has 2 rings (SSSR count). The van der Waals surface area contributed by atoms with Gasteiger partial charge in [0.2, 0.25) is 10.0 Å². The number of benzene rings is 1. The number of methoxy groups -OCH3 is 1. The van der Waals surface area contributed by atoms with E-state index >= 15 is 0 Å². The summed E-state index contributed by atoms with van der Waals surface area (Å²) in [6.07, 6.45) is 1.58. The molecular formula is C14H20N2O4S. The Morgan fingerprint density at radius 3 is 2.33 bits per heavy atom. The van der Waals surface area contributed by atoms with Crippen molar-refractivity contribution in [2.75, 3.05) is 26.7 Å². The van der Waals surface area contributed by atoms with E-state index in [0.29, 0.717) is 31.1 Å². The first-order valence-corrected chi connectivity index (χ1v) is 8.31. The summed E-state index contributed by atoms with van der Waals surface area (Å²) in [7, 11) is -2.22. The van der Waals surface area contributed by atoms with Crippen LogP contribution in [0.25, 0.3) is 0 Å². The Labute approximate surface area is 124 Å². The van der Waals surface area contributed by atoms with Crippen LogP contribution in [0, 0.1) is 5.92 Å². The van der Waals surface area contributed by atoms with Gasteiger partial charge < -0.3 is 10.5 Å². The number of carbonyl (C=O) groups is 1. The van der Waals surface area contributed by atoms with E-state index in [-0.39, 0.29) is 4.90 Å². The Balaban J connectivity index is 2.14. The molecule has 1 saturated heterocycles. The molecule has 6 nitrogen and oxygen atoms in total. The van der Waals surface area contributed by atoms with E-state index < -0.39 is 16.0 Å². The van der Waals surface area contributed by atoms with E-state index in [2.05, 4.69) is 4.74 Å². The summed E-state index contributed by atoms with van der Waals surface area (Å²) < 4.78 is 31.1. The summed E-state index contributed by atoms with van der Waals surface area (Å²) in [6, 6.07) is 5.81. The number of nitrogens with zero attached hydrogens (tertiary/aromatic N) is 1. The molecule has 0 spiro atoms. The van der Waals surface area contributed by atoms with E-state index in [1.165, 1.54) is 35.7 Å². The van der Waals surface area contributed by atoms with Crippen LogP contribution in [0.1, 0.15) is 23.2 Å². The van der Waals surface area contributed by atoms with Gasteiger partial charge in [-0.25, -0.2) is 13.2 Å². The second kappa shape index (κ2) is 6.55. The summed E-state index contributed by atoms with van der Waals surface area (Å²) in [5.74, 6) is -0.0825. The van der Waals surface area contributed by atoms with Crippen molar-refractivity contribution in [3.63, 3.8) is 0 Å². The zero-order valence-electron chi connectivity index (χ0n) is 12.0. The van der Waals surface area contributed by atoms with Crippen LogP contribution in [-0.4, -0.2) is 45.4 Å². The minimum atomic E-state index is -3.50. The van der Waals surface area contributed by atoms with Crippen LogP contribution in [0.4, 0.5) is 0 Å². The highest BCUT2D eigenvalue weighted by Crippen LogP contribution is 2.23. The van der Waals surface area contributed by atoms with E-state index in [9.17, 15) is 13.2 Å². The number of esters is 1. The van der Waals surface area contributed by atoms with Gasteiger partial charge >= 0.3 is 5.97 Å². The smallest absolute Gasteiger partial charge is 0.337 e. The monoisotopic (exact) mass is 312 g/mol. The van der Waals surface area contributed by atoms with Gasteiger partial charge in [-0.3, -0.25) is 0 Å². The minimum absolute atomic E-state index is 0.196. The molecule has 1 aromatic rings. The first kappa shape index (κ1) is 15.9. The summed E-state index contributed by atoms with van der Waals surface area (Å²) >= 11 is 0. The molecule has 1 heterocycles. The third kappa shape index (κ3) is 3.42. The average Bonchev–Trinajstić information content (AvgIpc) is 2.54. The van der Waals surface area contributed by atoms with Crippen molar-refractivity contribution in [1.82, 2.24) is 4.31 Å². The second-order valence-electron chi connectivity index (χ2n) is 5.10. The third-order valence-electron chi connectivity index (χ3n) is 3.82. The van der Waals surface area contributed by atoms with Crippen molar-refractivity contribution in [3.8, 4) is 0 Å². The molecule has 0 bridgehead atoms. The van der Waals surface area contributed by atoms with E-state index in [1.807, 2.05) is 0 Å². The molecule has 116 valence electrons. The van der Waals surface area contributed by atoms with Gasteiger partial charge in [-0.2, -0.15) is 4.31 Å². The van der Waals surface area contributed by atoms with Crippen molar-refractivity contribution < 1.29 is 17.9 Å². The quantitative estimate of drug-likeness (QED) is 0.832. The van der Waals surface area contributed by atoms with Gasteiger partial charge in [0.05, 0.1) is 17.6 Å². The van der Waals surface area contributed by atoms with Crippen molar-refractivity contribution in [2.24, 2.45) is 11.7 Å². The summed E-state index contributed by atoms with van der Waals surface area (Å²) in [4.78, 5) is 11.5. The molecule has 0 radical (unpaired) electrons. The third-order valence-corrected chi connectivity index (χ3v) is 5.73. The van der Waals surface area contributed by atoms with E-state index in [0.717, 1.165) is 12.8 Å². The highest BCUT2D eigenvalue weighted by atomic mass is 32.2. The highest BCUT2D eigenvalue weighted by Gasteiger charge is 2.28. The maximum Gasteiger partial charge on any atom is 0.337 e. The second-order valence-corrected chi connectivity index (χ2v) is 7.04. The lowest BCUT2D eigenvalue weighted by Gasteiger charge is -2.30. The Hall–Kier alpha value is -1.44. The van der Waals surface area contributed by atoms with Gasteiger partial charge in [0.1, 0.15) is 0 Å². The SMILES string of the molecule is COC(=O)c1ccc(S(=O)(=O)N2CCC(CN)CC2)cc1. The van der Waals surface area contributed by atoms with Crippen LogP contribution in [0.2, 0.25) is 0 Å². The lowest BCUT2D eigenvalue weighted by Crippen LogP contribution is -2.40. The molecule has 21 heavy (non-hydrogen) atoms. The number of hydrogen-bond acceptors (Lipinski definition) is 5. The molecule has 2 N–H and O–H groups in total. The van der Waals surface area contributed by atoms with Crippen molar-refractivity contribution in [2.45, 2.75) is 17.7 Å². The molecule has 0 amide bonds. The molecule has 0 saturated carbocycles. The van der Waals surface area contributed by atoms with Crippen LogP contribution in [0.3, 0.4) is 0 Å². The molecule has 0 aromatic heterocycles. The molecule has 7 heteroatoms. The van der Waals surface area contributed by atoms with Crippen molar-refractivity contribution in [1.29, 1.82) is 0 Å². The van der Waals surface area contributed by atoms with Gasteiger partial charge in [-0.1, -0.05) is 0 Å². The maximum atomic E-state index is 12.5. The van der Waals surface area contributed by atoms with Gasteiger partial charge in [0, 0.05) is 13.1 Å². The summed E-state index contributed by atoms with van der Waals surface area (Å²) in [5.41, 5.74) is 5.95. The summed E-state index contributed by atoms with van der Waals surface area (Å²) in [5, 5.41) is 0. The number of piperidine rings is 1. The lowest BCUT2D eigenvalue weighted by atomic mass is 9.99. The number of hydrogen-bond donors (Lipinski definition) is 1. The number of carbonyl (C=O) groups excluding carboxylic acids is 1. The molecular weight excluding hydrogens is 292 g/mol. The maximum absolute atomic E-state index is 12.5. The average molecular weight is 312 g/mol. The molecule has 1 fully saturated rings. The largest absolute Gasteiger partial charge is 0.465 e. The van der Waals surface area contributed by atoms with Gasteiger partial charge in [0.15, 0.2) is 0 Å². The normalized spacial score (nSPS) is 17.6. The van der Waals surface area contributed by atoms with Crippen LogP contribution in [0.15, 0.2) is 29.2 Å². The Morgan fingerprint density at radius 1 is 1.29 bits per heavy atom. The Bertz CT molecular complexity index is 590. The standard InChI is InChI=1S/C14H20N2O4S/c1-20-14(17)12-2-4-13(5-3-12)21(18,19)16-8-6-11(10-15)7-9-16/h2-5,11H,6-10,15H2,1H3. The predicted octanol–water partition coefficient (Wildman–Crippen LogP) is 0.833. The number of nitrogens with two attached hydrogens (primary N) is 1. The topological polar surface area (TPSA) is 89.7 Å². The molecule has 0 atom stereocenters. The summed E-state index contributed by atoms with van der Waals surface area (Å²) in [6.45, 7) is 1.58. The fourth-order valence-corrected chi connectivity index (χ4v) is 3.88. The van der Waals surface area contributed by atoms with Gasteiger partial charge in [-0.15, -0.1) is 0 Å². The van der Waals surface area contributed by atoms with Crippen molar-refractivity contribution in [3.05, 3.63) is 29.8 Å². The fourth-order valence-electron chi connectivity index (χ4n) is 2.42. The van der Waals surface area contributed by atoms with E-state index in [1.54, 1.807) is 0 Å². The van der Waals surface area contributed by atoms with Gasteiger partial charge in [-0.05, 0) is 49.6 Å². The minimum Gasteiger partial charge on any atom is -0.465 e. The first-order valence-electron chi connectivity index (χ1n) is 6.87. The van der Waals surface area contributed by atoms with Crippen molar-refractivity contribution >= 4 is 16.0 Å². The zero-order valence-corrected chi connectivity index (χ0v) is 12.8. The Morgan fingerprint density at radius 2 is 1.86 bits per heavy atom. The van der Waals surface area contributed by atoms with E-state index in [4.69, 9.17) is 5.73 Å². The highest BCUT2D eigenvalue weighted by molar-refractivity contribution is 7.89. The first-order chi connectivity index (χ1) is 9.98. The lowest BCUT2D eigenvalue weighted by molar-refractivity contribution is 0.0600. The molecule has 1 aliphatic rings. The Kier molecular flexibility index (Phi) is 4.97. The van der Waals surface area contributed by atoms with Crippen LogP contribution in [-0.2, 0) is 14.8 Å². The van der Waals surface area contributed by atoms with Gasteiger partial charge in [0.25, 0.3) is 0 Å². The number of sulfonamides is 1. The zero-order chi connectivity index (χ0) is 15.5. The molecule has 1 aliphatic heterocycles. The van der Waals surface area contributed by atoms with Crippen LogP contribution >= 0.6 is 0 Å².